The first-order valence-corrected chi connectivity index (χ1v) is 5.62. The van der Waals surface area contributed by atoms with Crippen LogP contribution in [0.25, 0.3) is 0 Å². The summed E-state index contributed by atoms with van der Waals surface area (Å²) in [5.41, 5.74) is 0.270. The smallest absolute Gasteiger partial charge is 0.417 e. The first-order chi connectivity index (χ1) is 8.28. The van der Waals surface area contributed by atoms with Gasteiger partial charge in [-0.25, -0.2) is 14.7 Å². The van der Waals surface area contributed by atoms with Gasteiger partial charge in [-0.3, -0.25) is 0 Å². The highest BCUT2D eigenvalue weighted by Crippen LogP contribution is 2.32. The predicted molar refractivity (Wildman–Crippen MR) is 62.6 cm³/mol. The van der Waals surface area contributed by atoms with Crippen LogP contribution in [0.5, 0.6) is 0 Å². The molecule has 0 saturated heterocycles. The predicted octanol–water partition coefficient (Wildman–Crippen LogP) is 1.84. The van der Waals surface area contributed by atoms with Crippen LogP contribution in [0.4, 0.5) is 14.9 Å². The minimum absolute atomic E-state index is 0.175. The van der Waals surface area contributed by atoms with Gasteiger partial charge in [0, 0.05) is 6.42 Å². The summed E-state index contributed by atoms with van der Waals surface area (Å²) < 4.78 is 18.1. The summed E-state index contributed by atoms with van der Waals surface area (Å²) in [7, 11) is 0. The van der Waals surface area contributed by atoms with Gasteiger partial charge in [0.1, 0.15) is 11.8 Å². The van der Waals surface area contributed by atoms with Gasteiger partial charge in [0.2, 0.25) is 5.95 Å². The van der Waals surface area contributed by atoms with Crippen molar-refractivity contribution in [2.24, 2.45) is 0 Å². The zero-order valence-electron chi connectivity index (χ0n) is 10.5. The summed E-state index contributed by atoms with van der Waals surface area (Å²) in [5, 5.41) is 9.84. The Hall–Kier alpha value is -1.69. The van der Waals surface area contributed by atoms with Gasteiger partial charge in [-0.1, -0.05) is 0 Å². The lowest BCUT2D eigenvalue weighted by molar-refractivity contribution is 0.0490. The highest BCUT2D eigenvalue weighted by Gasteiger charge is 2.36. The highest BCUT2D eigenvalue weighted by atomic mass is 19.1. The molecule has 1 amide bonds. The molecule has 0 saturated carbocycles. The molecule has 1 aromatic heterocycles. The monoisotopic (exact) mass is 254 g/mol. The molecule has 0 aromatic carbocycles. The van der Waals surface area contributed by atoms with Crippen LogP contribution in [0.2, 0.25) is 0 Å². The molecule has 6 heteroatoms. The number of halogens is 1. The summed E-state index contributed by atoms with van der Waals surface area (Å²) in [4.78, 5) is 16.5. The van der Waals surface area contributed by atoms with Gasteiger partial charge in [0.15, 0.2) is 0 Å². The molecule has 0 aliphatic carbocycles. The average Bonchev–Trinajstić information content (AvgIpc) is 2.50. The van der Waals surface area contributed by atoms with E-state index in [0.29, 0.717) is 11.3 Å². The van der Waals surface area contributed by atoms with Gasteiger partial charge in [-0.15, -0.1) is 0 Å². The fraction of sp³-hybridized carbons (Fsp3) is 0.500. The molecule has 5 nitrogen and oxygen atoms in total. The van der Waals surface area contributed by atoms with Crippen LogP contribution in [0, 0.1) is 5.95 Å². The number of nitrogens with zero attached hydrogens (tertiary/aromatic N) is 2. The first-order valence-electron chi connectivity index (χ1n) is 5.62. The number of hydrogen-bond acceptors (Lipinski definition) is 4. The lowest BCUT2D eigenvalue weighted by Gasteiger charge is -2.26. The van der Waals surface area contributed by atoms with E-state index in [1.807, 2.05) is 0 Å². The van der Waals surface area contributed by atoms with Gasteiger partial charge in [0.25, 0.3) is 0 Å². The van der Waals surface area contributed by atoms with Crippen molar-refractivity contribution in [1.82, 2.24) is 4.98 Å². The largest absolute Gasteiger partial charge is 0.443 e. The topological polar surface area (TPSA) is 62.7 Å². The summed E-state index contributed by atoms with van der Waals surface area (Å²) in [5.74, 6) is -0.632. The number of ether oxygens (including phenoxy) is 1. The molecule has 1 aliphatic rings. The maximum Gasteiger partial charge on any atom is 0.417 e. The Morgan fingerprint density at radius 2 is 2.28 bits per heavy atom. The Bertz CT molecular complexity index is 485. The molecule has 1 unspecified atom stereocenters. The van der Waals surface area contributed by atoms with E-state index in [9.17, 15) is 14.3 Å². The summed E-state index contributed by atoms with van der Waals surface area (Å²) in [6, 6.07) is 1.21. The lowest BCUT2D eigenvalue weighted by atomic mass is 10.2. The number of rotatable bonds is 0. The standard InChI is InChI=1S/C12H15FN2O3/c1-12(2,3)18-11(17)15-8-6-14-9(13)4-7(8)5-10(15)16/h4,6,10,16H,5H2,1-3H3. The molecule has 0 radical (unpaired) electrons. The number of pyridine rings is 1. The molecule has 98 valence electrons. The van der Waals surface area contributed by atoms with Gasteiger partial charge < -0.3 is 9.84 Å². The maximum atomic E-state index is 13.0. The second kappa shape index (κ2) is 4.20. The third kappa shape index (κ3) is 2.43. The van der Waals surface area contributed by atoms with Gasteiger partial charge in [-0.05, 0) is 32.4 Å². The molecule has 1 N–H and O–H groups in total. The van der Waals surface area contributed by atoms with Crippen molar-refractivity contribution in [3.63, 3.8) is 0 Å². The van der Waals surface area contributed by atoms with Crippen LogP contribution >= 0.6 is 0 Å². The minimum atomic E-state index is -1.04. The number of fused-ring (bicyclic) bond motifs is 1. The molecule has 18 heavy (non-hydrogen) atoms. The number of hydrogen-bond donors (Lipinski definition) is 1. The molecule has 0 bridgehead atoms. The van der Waals surface area contributed by atoms with Crippen LogP contribution in [-0.4, -0.2) is 28.0 Å². The van der Waals surface area contributed by atoms with Crippen LogP contribution in [0.3, 0.4) is 0 Å². The SMILES string of the molecule is CC(C)(C)OC(=O)N1c2cnc(F)cc2CC1O. The molecular formula is C12H15FN2O3. The number of aliphatic hydroxyl groups is 1. The molecule has 1 aromatic rings. The molecule has 2 heterocycles. The van der Waals surface area contributed by atoms with Crippen LogP contribution < -0.4 is 4.90 Å². The van der Waals surface area contributed by atoms with E-state index >= 15 is 0 Å². The number of amides is 1. The van der Waals surface area contributed by atoms with Crippen molar-refractivity contribution in [3.05, 3.63) is 23.8 Å². The Labute approximate surface area is 104 Å². The molecule has 1 atom stereocenters. The highest BCUT2D eigenvalue weighted by molar-refractivity contribution is 5.90. The Morgan fingerprint density at radius 1 is 1.61 bits per heavy atom. The number of anilines is 1. The van der Waals surface area contributed by atoms with Crippen LogP contribution in [0.1, 0.15) is 26.3 Å². The molecule has 0 spiro atoms. The van der Waals surface area contributed by atoms with E-state index in [-0.39, 0.29) is 6.42 Å². The quantitative estimate of drug-likeness (QED) is 0.717. The maximum absolute atomic E-state index is 13.0. The number of carbonyl (C=O) groups is 1. The minimum Gasteiger partial charge on any atom is -0.443 e. The van der Waals surface area contributed by atoms with Gasteiger partial charge >= 0.3 is 6.09 Å². The van der Waals surface area contributed by atoms with E-state index in [2.05, 4.69) is 4.98 Å². The van der Waals surface area contributed by atoms with Gasteiger partial charge in [-0.2, -0.15) is 4.39 Å². The second-order valence-corrected chi connectivity index (χ2v) is 5.17. The Balaban J connectivity index is 2.28. The third-order valence-electron chi connectivity index (χ3n) is 2.48. The second-order valence-electron chi connectivity index (χ2n) is 5.17. The molecular weight excluding hydrogens is 239 g/mol. The van der Waals surface area contributed by atoms with Crippen molar-refractivity contribution in [3.8, 4) is 0 Å². The summed E-state index contributed by atoms with van der Waals surface area (Å²) in [6.45, 7) is 5.20. The van der Waals surface area contributed by atoms with E-state index < -0.39 is 23.9 Å². The van der Waals surface area contributed by atoms with Crippen molar-refractivity contribution < 1.29 is 19.0 Å². The molecule has 2 rings (SSSR count). The lowest BCUT2D eigenvalue weighted by Crippen LogP contribution is -2.41. The van der Waals surface area contributed by atoms with Crippen molar-refractivity contribution >= 4 is 11.8 Å². The molecule has 1 aliphatic heterocycles. The average molecular weight is 254 g/mol. The molecule has 0 fully saturated rings. The fourth-order valence-electron chi connectivity index (χ4n) is 1.82. The fourth-order valence-corrected chi connectivity index (χ4v) is 1.82. The van der Waals surface area contributed by atoms with E-state index in [0.717, 1.165) is 4.90 Å². The number of aromatic nitrogens is 1. The van der Waals surface area contributed by atoms with E-state index in [1.165, 1.54) is 12.3 Å². The van der Waals surface area contributed by atoms with Crippen molar-refractivity contribution in [2.75, 3.05) is 4.90 Å². The van der Waals surface area contributed by atoms with Gasteiger partial charge in [0.05, 0.1) is 11.9 Å². The van der Waals surface area contributed by atoms with Crippen LogP contribution in [0.15, 0.2) is 12.3 Å². The van der Waals surface area contributed by atoms with Crippen LogP contribution in [-0.2, 0) is 11.2 Å². The Morgan fingerprint density at radius 3 is 2.89 bits per heavy atom. The summed E-state index contributed by atoms with van der Waals surface area (Å²) in [6.07, 6.45) is -0.306. The summed E-state index contributed by atoms with van der Waals surface area (Å²) >= 11 is 0. The van der Waals surface area contributed by atoms with E-state index in [4.69, 9.17) is 4.74 Å². The number of aliphatic hydroxyl groups excluding tert-OH is 1. The normalized spacial score (nSPS) is 18.7. The van der Waals surface area contributed by atoms with Crippen molar-refractivity contribution in [2.45, 2.75) is 39.0 Å². The third-order valence-corrected chi connectivity index (χ3v) is 2.48. The first kappa shape index (κ1) is 12.8. The zero-order chi connectivity index (χ0) is 13.5. The zero-order valence-corrected chi connectivity index (χ0v) is 10.5. The Kier molecular flexibility index (Phi) is 2.98. The van der Waals surface area contributed by atoms with E-state index in [1.54, 1.807) is 20.8 Å². The number of carbonyl (C=O) groups excluding carboxylic acids is 1. The van der Waals surface area contributed by atoms with Crippen molar-refractivity contribution in [1.29, 1.82) is 0 Å².